The molecule has 6 heteroatoms. The highest BCUT2D eigenvalue weighted by molar-refractivity contribution is 5.94. The Morgan fingerprint density at radius 2 is 2.21 bits per heavy atom. The van der Waals surface area contributed by atoms with Gasteiger partial charge in [0.15, 0.2) is 0 Å². The van der Waals surface area contributed by atoms with Crippen LogP contribution in [0.1, 0.15) is 16.8 Å². The number of hydrogen-bond acceptors (Lipinski definition) is 3. The number of ether oxygens (including phenoxy) is 1. The number of nitrogens with zero attached hydrogens (tertiary/aromatic N) is 1. The molecule has 5 nitrogen and oxygen atoms in total. The summed E-state index contributed by atoms with van der Waals surface area (Å²) in [5.41, 5.74) is 0.00345. The fraction of sp³-hybridized carbons (Fsp3) is 0.385. The molecule has 0 unspecified atom stereocenters. The largest absolute Gasteiger partial charge is 0.449 e. The summed E-state index contributed by atoms with van der Waals surface area (Å²) in [4.78, 5) is 24.5. The Bertz CT molecular complexity index is 479. The predicted octanol–water partition coefficient (Wildman–Crippen LogP) is 1.40. The van der Waals surface area contributed by atoms with Crippen molar-refractivity contribution in [2.45, 2.75) is 6.42 Å². The molecular formula is C13H15FN2O3. The molecule has 1 saturated heterocycles. The van der Waals surface area contributed by atoms with Crippen molar-refractivity contribution in [1.29, 1.82) is 0 Å². The summed E-state index contributed by atoms with van der Waals surface area (Å²) in [6.07, 6.45) is 0.416. The van der Waals surface area contributed by atoms with Gasteiger partial charge in [-0.3, -0.25) is 4.79 Å². The average Bonchev–Trinajstić information content (AvgIpc) is 2.41. The van der Waals surface area contributed by atoms with Crippen LogP contribution >= 0.6 is 0 Å². The van der Waals surface area contributed by atoms with Crippen LogP contribution in [0.2, 0.25) is 0 Å². The third-order valence-electron chi connectivity index (χ3n) is 2.84. The molecule has 1 N–H and O–H groups in total. The lowest BCUT2D eigenvalue weighted by Gasteiger charge is -2.26. The highest BCUT2D eigenvalue weighted by atomic mass is 19.1. The van der Waals surface area contributed by atoms with Gasteiger partial charge in [-0.2, -0.15) is 0 Å². The Hall–Kier alpha value is -2.11. The topological polar surface area (TPSA) is 58.6 Å². The molecule has 0 atom stereocenters. The number of carbonyl (C=O) groups is 2. The predicted molar refractivity (Wildman–Crippen MR) is 66.3 cm³/mol. The fourth-order valence-corrected chi connectivity index (χ4v) is 1.85. The Kier molecular flexibility index (Phi) is 4.33. The van der Waals surface area contributed by atoms with Crippen LogP contribution in [0, 0.1) is 5.82 Å². The highest BCUT2D eigenvalue weighted by Gasteiger charge is 2.19. The third kappa shape index (κ3) is 3.43. The minimum absolute atomic E-state index is 0.00345. The van der Waals surface area contributed by atoms with Crippen molar-refractivity contribution in [3.63, 3.8) is 0 Å². The van der Waals surface area contributed by atoms with Gasteiger partial charge in [-0.05, 0) is 18.6 Å². The molecule has 0 aromatic heterocycles. The molecule has 1 aliphatic rings. The quantitative estimate of drug-likeness (QED) is 0.896. The smallest absolute Gasteiger partial charge is 0.409 e. The molecule has 0 saturated carbocycles. The Balaban J connectivity index is 1.81. The van der Waals surface area contributed by atoms with E-state index < -0.39 is 11.7 Å². The van der Waals surface area contributed by atoms with E-state index in [0.29, 0.717) is 19.7 Å². The molecule has 1 heterocycles. The van der Waals surface area contributed by atoms with Gasteiger partial charge >= 0.3 is 6.09 Å². The van der Waals surface area contributed by atoms with Crippen LogP contribution in [0.4, 0.5) is 9.18 Å². The first-order valence-electron chi connectivity index (χ1n) is 6.13. The number of cyclic esters (lactones) is 1. The molecule has 1 fully saturated rings. The lowest BCUT2D eigenvalue weighted by molar-refractivity contribution is 0.0719. The van der Waals surface area contributed by atoms with E-state index >= 15 is 0 Å². The van der Waals surface area contributed by atoms with Crippen LogP contribution in [0.15, 0.2) is 24.3 Å². The number of carbonyl (C=O) groups excluding carboxylic acids is 2. The zero-order valence-corrected chi connectivity index (χ0v) is 10.4. The second-order valence-corrected chi connectivity index (χ2v) is 4.19. The number of rotatable bonds is 4. The van der Waals surface area contributed by atoms with Crippen LogP contribution in [-0.2, 0) is 4.74 Å². The zero-order valence-electron chi connectivity index (χ0n) is 10.4. The summed E-state index contributed by atoms with van der Waals surface area (Å²) in [6.45, 7) is 1.69. The van der Waals surface area contributed by atoms with Crippen LogP contribution in [-0.4, -0.2) is 43.1 Å². The molecule has 102 valence electrons. The molecule has 1 aromatic rings. The van der Waals surface area contributed by atoms with Crippen LogP contribution < -0.4 is 5.32 Å². The first kappa shape index (κ1) is 13.3. The lowest BCUT2D eigenvalue weighted by atomic mass is 10.2. The zero-order chi connectivity index (χ0) is 13.7. The van der Waals surface area contributed by atoms with Gasteiger partial charge in [0.25, 0.3) is 5.91 Å². The van der Waals surface area contributed by atoms with E-state index in [9.17, 15) is 14.0 Å². The molecule has 2 amide bonds. The second kappa shape index (κ2) is 6.17. The van der Waals surface area contributed by atoms with E-state index in [1.165, 1.54) is 23.1 Å². The lowest BCUT2D eigenvalue weighted by Crippen LogP contribution is -2.42. The molecule has 0 bridgehead atoms. The Morgan fingerprint density at radius 3 is 2.95 bits per heavy atom. The molecule has 1 aliphatic heterocycles. The average molecular weight is 266 g/mol. The van der Waals surface area contributed by atoms with Gasteiger partial charge in [0.1, 0.15) is 5.82 Å². The van der Waals surface area contributed by atoms with E-state index in [-0.39, 0.29) is 18.2 Å². The molecule has 0 radical (unpaired) electrons. The summed E-state index contributed by atoms with van der Waals surface area (Å²) in [6, 6.07) is 5.77. The molecule has 2 rings (SSSR count). The van der Waals surface area contributed by atoms with E-state index in [2.05, 4.69) is 5.32 Å². The van der Waals surface area contributed by atoms with Gasteiger partial charge in [-0.25, -0.2) is 9.18 Å². The number of amides is 2. The summed E-state index contributed by atoms with van der Waals surface area (Å²) in [5.74, 6) is -1.04. The van der Waals surface area contributed by atoms with E-state index in [0.717, 1.165) is 6.42 Å². The minimum atomic E-state index is -0.558. The Labute approximate surface area is 110 Å². The summed E-state index contributed by atoms with van der Waals surface area (Å²) >= 11 is 0. The van der Waals surface area contributed by atoms with Gasteiger partial charge in [0.05, 0.1) is 12.2 Å². The maximum atomic E-state index is 13.3. The third-order valence-corrected chi connectivity index (χ3v) is 2.84. The number of halogens is 1. The van der Waals surface area contributed by atoms with Gasteiger partial charge in [-0.1, -0.05) is 12.1 Å². The Morgan fingerprint density at radius 1 is 1.42 bits per heavy atom. The van der Waals surface area contributed by atoms with Gasteiger partial charge in [0, 0.05) is 19.6 Å². The van der Waals surface area contributed by atoms with Crippen molar-refractivity contribution in [3.05, 3.63) is 35.6 Å². The number of benzene rings is 1. The van der Waals surface area contributed by atoms with Crippen molar-refractivity contribution in [1.82, 2.24) is 10.2 Å². The van der Waals surface area contributed by atoms with Crippen molar-refractivity contribution >= 4 is 12.0 Å². The van der Waals surface area contributed by atoms with E-state index in [4.69, 9.17) is 4.74 Å². The van der Waals surface area contributed by atoms with Crippen molar-refractivity contribution in [2.75, 3.05) is 26.2 Å². The summed E-state index contributed by atoms with van der Waals surface area (Å²) in [5, 5.41) is 2.58. The highest BCUT2D eigenvalue weighted by Crippen LogP contribution is 2.06. The summed E-state index contributed by atoms with van der Waals surface area (Å²) in [7, 11) is 0. The number of hydrogen-bond donors (Lipinski definition) is 1. The number of nitrogens with one attached hydrogen (secondary N) is 1. The molecular weight excluding hydrogens is 251 g/mol. The van der Waals surface area contributed by atoms with Crippen molar-refractivity contribution in [3.8, 4) is 0 Å². The molecule has 0 aliphatic carbocycles. The van der Waals surface area contributed by atoms with E-state index in [1.54, 1.807) is 6.07 Å². The molecule has 1 aromatic carbocycles. The second-order valence-electron chi connectivity index (χ2n) is 4.19. The SMILES string of the molecule is O=C(NCCN1CCCOC1=O)c1ccccc1F. The van der Waals surface area contributed by atoms with E-state index in [1.807, 2.05) is 0 Å². The van der Waals surface area contributed by atoms with Gasteiger partial charge in [0.2, 0.25) is 0 Å². The first-order valence-corrected chi connectivity index (χ1v) is 6.13. The van der Waals surface area contributed by atoms with Gasteiger partial charge in [-0.15, -0.1) is 0 Å². The van der Waals surface area contributed by atoms with Crippen molar-refractivity contribution in [2.24, 2.45) is 0 Å². The first-order chi connectivity index (χ1) is 9.18. The minimum Gasteiger partial charge on any atom is -0.449 e. The maximum absolute atomic E-state index is 13.3. The fourth-order valence-electron chi connectivity index (χ4n) is 1.85. The standard InChI is InChI=1S/C13H15FN2O3/c14-11-5-2-1-4-10(11)12(17)15-6-8-16-7-3-9-19-13(16)18/h1-2,4-5H,3,6-9H2,(H,15,17). The maximum Gasteiger partial charge on any atom is 0.409 e. The van der Waals surface area contributed by atoms with Crippen molar-refractivity contribution < 1.29 is 18.7 Å². The van der Waals surface area contributed by atoms with Crippen LogP contribution in [0.5, 0.6) is 0 Å². The molecule has 0 spiro atoms. The normalized spacial score (nSPS) is 15.0. The van der Waals surface area contributed by atoms with Crippen LogP contribution in [0.3, 0.4) is 0 Å². The van der Waals surface area contributed by atoms with Crippen LogP contribution in [0.25, 0.3) is 0 Å². The van der Waals surface area contributed by atoms with Gasteiger partial charge < -0.3 is 15.0 Å². The monoisotopic (exact) mass is 266 g/mol. The summed E-state index contributed by atoms with van der Waals surface area (Å²) < 4.78 is 18.2. The molecule has 19 heavy (non-hydrogen) atoms.